The molecule has 1 atom stereocenters. The average Bonchev–Trinajstić information content (AvgIpc) is 3.28. The first-order chi connectivity index (χ1) is 10.4. The third-order valence-electron chi connectivity index (χ3n) is 4.63. The van der Waals surface area contributed by atoms with E-state index in [4.69, 9.17) is 4.42 Å². The molecular weight excluding hydrogens is 262 g/mol. The van der Waals surface area contributed by atoms with Crippen LogP contribution in [0.3, 0.4) is 0 Å². The molecule has 2 heterocycles. The van der Waals surface area contributed by atoms with Crippen LogP contribution in [0.5, 0.6) is 0 Å². The highest BCUT2D eigenvalue weighted by molar-refractivity contribution is 5.72. The van der Waals surface area contributed by atoms with Gasteiger partial charge < -0.3 is 9.73 Å². The van der Waals surface area contributed by atoms with Crippen molar-refractivity contribution >= 4 is 11.1 Å². The van der Waals surface area contributed by atoms with E-state index in [0.717, 1.165) is 42.0 Å². The van der Waals surface area contributed by atoms with Gasteiger partial charge in [0.2, 0.25) is 5.89 Å². The second-order valence-corrected chi connectivity index (χ2v) is 6.45. The molecule has 4 heteroatoms. The Bertz CT molecular complexity index is 566. The standard InChI is InChI=1S/C17H23N3O/c1-2-6-16-15(5-1)19-17(21-16)12-20(14-7-8-14)11-13-4-3-9-18-10-13/h1-2,5-6,13-14,18H,3-4,7-12H2. The number of rotatable bonds is 5. The number of oxazole rings is 1. The molecule has 0 spiro atoms. The smallest absolute Gasteiger partial charge is 0.209 e. The third kappa shape index (κ3) is 3.11. The maximum Gasteiger partial charge on any atom is 0.209 e. The van der Waals surface area contributed by atoms with Gasteiger partial charge in [0.25, 0.3) is 0 Å². The summed E-state index contributed by atoms with van der Waals surface area (Å²) in [5.74, 6) is 1.65. The van der Waals surface area contributed by atoms with E-state index in [-0.39, 0.29) is 0 Å². The normalized spacial score (nSPS) is 23.0. The van der Waals surface area contributed by atoms with Gasteiger partial charge in [-0.1, -0.05) is 12.1 Å². The van der Waals surface area contributed by atoms with Gasteiger partial charge in [-0.2, -0.15) is 0 Å². The molecule has 4 nitrogen and oxygen atoms in total. The largest absolute Gasteiger partial charge is 0.439 e. The van der Waals surface area contributed by atoms with E-state index in [2.05, 4.69) is 15.2 Å². The summed E-state index contributed by atoms with van der Waals surface area (Å²) in [5, 5.41) is 3.52. The van der Waals surface area contributed by atoms with Crippen molar-refractivity contribution in [1.29, 1.82) is 0 Å². The summed E-state index contributed by atoms with van der Waals surface area (Å²) in [5.41, 5.74) is 1.88. The Balaban J connectivity index is 1.46. The average molecular weight is 285 g/mol. The zero-order valence-electron chi connectivity index (χ0n) is 12.4. The number of benzene rings is 1. The highest BCUT2D eigenvalue weighted by Crippen LogP contribution is 2.30. The van der Waals surface area contributed by atoms with Gasteiger partial charge in [0.05, 0.1) is 6.54 Å². The molecule has 112 valence electrons. The van der Waals surface area contributed by atoms with Gasteiger partial charge in [0, 0.05) is 12.6 Å². The highest BCUT2D eigenvalue weighted by Gasteiger charge is 2.31. The lowest BCUT2D eigenvalue weighted by molar-refractivity contribution is 0.179. The summed E-state index contributed by atoms with van der Waals surface area (Å²) in [7, 11) is 0. The van der Waals surface area contributed by atoms with Gasteiger partial charge in [-0.25, -0.2) is 4.98 Å². The molecule has 1 saturated heterocycles. The molecule has 21 heavy (non-hydrogen) atoms. The monoisotopic (exact) mass is 285 g/mol. The maximum absolute atomic E-state index is 5.90. The van der Waals surface area contributed by atoms with E-state index in [9.17, 15) is 0 Å². The van der Waals surface area contributed by atoms with Crippen LogP contribution in [-0.4, -0.2) is 35.6 Å². The van der Waals surface area contributed by atoms with E-state index < -0.39 is 0 Å². The minimum absolute atomic E-state index is 0.752. The van der Waals surface area contributed by atoms with Crippen molar-refractivity contribution in [3.05, 3.63) is 30.2 Å². The number of aromatic nitrogens is 1. The van der Waals surface area contributed by atoms with Crippen molar-refractivity contribution in [2.24, 2.45) is 5.92 Å². The van der Waals surface area contributed by atoms with Gasteiger partial charge in [-0.05, 0) is 56.8 Å². The van der Waals surface area contributed by atoms with Crippen LogP contribution in [0.1, 0.15) is 31.6 Å². The Labute approximate surface area is 125 Å². The van der Waals surface area contributed by atoms with Gasteiger partial charge in [0.1, 0.15) is 5.52 Å². The van der Waals surface area contributed by atoms with E-state index in [1.165, 1.54) is 38.8 Å². The predicted octanol–water partition coefficient (Wildman–Crippen LogP) is 2.79. The topological polar surface area (TPSA) is 41.3 Å². The first-order valence-corrected chi connectivity index (χ1v) is 8.18. The first-order valence-electron chi connectivity index (χ1n) is 8.18. The van der Waals surface area contributed by atoms with Crippen LogP contribution < -0.4 is 5.32 Å². The highest BCUT2D eigenvalue weighted by atomic mass is 16.3. The molecule has 1 unspecified atom stereocenters. The maximum atomic E-state index is 5.90. The van der Waals surface area contributed by atoms with Gasteiger partial charge in [0.15, 0.2) is 5.58 Å². The van der Waals surface area contributed by atoms with Crippen LogP contribution in [0, 0.1) is 5.92 Å². The quantitative estimate of drug-likeness (QED) is 0.917. The molecule has 0 radical (unpaired) electrons. The molecule has 1 N–H and O–H groups in total. The SMILES string of the molecule is c1ccc2oc(CN(CC3CCCNC3)C3CC3)nc2c1. The second-order valence-electron chi connectivity index (χ2n) is 6.45. The zero-order chi connectivity index (χ0) is 14.1. The summed E-state index contributed by atoms with van der Waals surface area (Å²) in [6, 6.07) is 8.79. The molecule has 2 fully saturated rings. The van der Waals surface area contributed by atoms with Crippen LogP contribution >= 0.6 is 0 Å². The third-order valence-corrected chi connectivity index (χ3v) is 4.63. The molecule has 1 aliphatic carbocycles. The molecular formula is C17H23N3O. The Kier molecular flexibility index (Phi) is 3.65. The number of nitrogens with zero attached hydrogens (tertiary/aromatic N) is 2. The van der Waals surface area contributed by atoms with E-state index >= 15 is 0 Å². The van der Waals surface area contributed by atoms with Crippen molar-refractivity contribution in [3.63, 3.8) is 0 Å². The van der Waals surface area contributed by atoms with Crippen LogP contribution in [0.25, 0.3) is 11.1 Å². The zero-order valence-corrected chi connectivity index (χ0v) is 12.4. The minimum Gasteiger partial charge on any atom is -0.439 e. The Morgan fingerprint density at radius 2 is 2.14 bits per heavy atom. The Morgan fingerprint density at radius 3 is 2.90 bits per heavy atom. The molecule has 4 rings (SSSR count). The molecule has 1 aliphatic heterocycles. The molecule has 0 bridgehead atoms. The summed E-state index contributed by atoms with van der Waals surface area (Å²) >= 11 is 0. The number of nitrogens with one attached hydrogen (secondary N) is 1. The van der Waals surface area contributed by atoms with Crippen molar-refractivity contribution in [3.8, 4) is 0 Å². The van der Waals surface area contributed by atoms with E-state index in [0.29, 0.717) is 0 Å². The lowest BCUT2D eigenvalue weighted by atomic mass is 9.99. The van der Waals surface area contributed by atoms with E-state index in [1.807, 2.05) is 24.3 Å². The summed E-state index contributed by atoms with van der Waals surface area (Å²) in [6.07, 6.45) is 5.33. The summed E-state index contributed by atoms with van der Waals surface area (Å²) in [6.45, 7) is 4.38. The van der Waals surface area contributed by atoms with Crippen molar-refractivity contribution in [2.75, 3.05) is 19.6 Å². The van der Waals surface area contributed by atoms with Gasteiger partial charge in [-0.15, -0.1) is 0 Å². The number of piperidine rings is 1. The Hall–Kier alpha value is -1.39. The van der Waals surface area contributed by atoms with Crippen LogP contribution in [0.4, 0.5) is 0 Å². The molecule has 1 aromatic carbocycles. The molecule has 1 saturated carbocycles. The second kappa shape index (κ2) is 5.78. The van der Waals surface area contributed by atoms with Crippen LogP contribution in [-0.2, 0) is 6.54 Å². The summed E-state index contributed by atoms with van der Waals surface area (Å²) in [4.78, 5) is 7.22. The number of hydrogen-bond donors (Lipinski definition) is 1. The number of fused-ring (bicyclic) bond motifs is 1. The minimum atomic E-state index is 0.752. The lowest BCUT2D eigenvalue weighted by Gasteiger charge is -2.29. The molecule has 0 amide bonds. The van der Waals surface area contributed by atoms with Gasteiger partial charge in [-0.3, -0.25) is 4.90 Å². The fourth-order valence-corrected chi connectivity index (χ4v) is 3.36. The first kappa shape index (κ1) is 13.3. The number of para-hydroxylation sites is 2. The van der Waals surface area contributed by atoms with Gasteiger partial charge >= 0.3 is 0 Å². The van der Waals surface area contributed by atoms with Crippen LogP contribution in [0.15, 0.2) is 28.7 Å². The Morgan fingerprint density at radius 1 is 1.24 bits per heavy atom. The predicted molar refractivity (Wildman–Crippen MR) is 83.0 cm³/mol. The molecule has 1 aromatic heterocycles. The summed E-state index contributed by atoms with van der Waals surface area (Å²) < 4.78 is 5.90. The van der Waals surface area contributed by atoms with Crippen molar-refractivity contribution < 1.29 is 4.42 Å². The van der Waals surface area contributed by atoms with Crippen LogP contribution in [0.2, 0.25) is 0 Å². The fourth-order valence-electron chi connectivity index (χ4n) is 3.36. The van der Waals surface area contributed by atoms with Crippen molar-refractivity contribution in [2.45, 2.75) is 38.3 Å². The van der Waals surface area contributed by atoms with E-state index in [1.54, 1.807) is 0 Å². The lowest BCUT2D eigenvalue weighted by Crippen LogP contribution is -2.39. The fraction of sp³-hybridized carbons (Fsp3) is 0.588. The molecule has 2 aromatic rings. The number of hydrogen-bond acceptors (Lipinski definition) is 4. The molecule has 2 aliphatic rings. The van der Waals surface area contributed by atoms with Crippen molar-refractivity contribution in [1.82, 2.24) is 15.2 Å².